The molecule has 326 valence electrons. The summed E-state index contributed by atoms with van der Waals surface area (Å²) in [5.74, 6) is -9.21. The fraction of sp³-hybridized carbons (Fsp3) is 0.206. The number of carboxylic acids is 2. The van der Waals surface area contributed by atoms with Crippen LogP contribution in [0.3, 0.4) is 0 Å². The first kappa shape index (κ1) is 46.8. The molecule has 5 rings (SSSR count). The van der Waals surface area contributed by atoms with Gasteiger partial charge >= 0.3 is 41.6 Å². The molecule has 3 heterocycles. The Morgan fingerprint density at radius 1 is 0.770 bits per heavy atom. The second kappa shape index (κ2) is 17.4. The molecule has 0 saturated heterocycles. The zero-order chi connectivity index (χ0) is 46.2. The Labute approximate surface area is 340 Å². The van der Waals surface area contributed by atoms with Gasteiger partial charge in [0, 0.05) is 38.4 Å². The summed E-state index contributed by atoms with van der Waals surface area (Å²) in [6, 6.07) is 2.87. The number of esters is 1. The number of methoxy groups -OCH3 is 1. The normalized spacial score (nSPS) is 12.0. The van der Waals surface area contributed by atoms with Gasteiger partial charge in [-0.3, -0.25) is 18.7 Å². The molecule has 5 aromatic rings. The number of allylic oxidation sites excluding steroid dienone is 1. The van der Waals surface area contributed by atoms with Crippen molar-refractivity contribution < 1.29 is 78.3 Å². The van der Waals surface area contributed by atoms with Crippen molar-refractivity contribution in [3.8, 4) is 17.1 Å². The van der Waals surface area contributed by atoms with Crippen molar-refractivity contribution in [2.24, 2.45) is 14.1 Å². The number of carbonyl (C=O) groups is 3. The minimum Gasteiger partial charge on any atom is -0.482 e. The number of fused-ring (bicyclic) bond motifs is 1. The zero-order valence-electron chi connectivity index (χ0n) is 30.6. The van der Waals surface area contributed by atoms with E-state index >= 15 is 0 Å². The second-order valence-corrected chi connectivity index (χ2v) is 12.6. The van der Waals surface area contributed by atoms with Crippen LogP contribution in [-0.2, 0) is 45.5 Å². The Morgan fingerprint density at radius 3 is 1.77 bits per heavy atom. The highest BCUT2D eigenvalue weighted by molar-refractivity contribution is 6.35. The molecule has 17 nitrogen and oxygen atoms in total. The predicted octanol–water partition coefficient (Wildman–Crippen LogP) is 5.02. The molecule has 0 radical (unpaired) electrons. The number of hydrogen-bond acceptors (Lipinski definition) is 11. The minimum atomic E-state index is -5.04. The number of furan rings is 1. The number of hydrogen-bond donors (Lipinski definition) is 2. The number of carboxylic acid groups (broad SMARTS) is 2. The van der Waals surface area contributed by atoms with Crippen LogP contribution < -0.4 is 27.2 Å². The van der Waals surface area contributed by atoms with Crippen LogP contribution in [0.1, 0.15) is 28.9 Å². The standard InChI is InChI=1S/C19H15ClF4N2O8.C15H7ClF4N2O5/c1-8(33-7-15(28)32-3)16(17(29)30)34-12-5-11(10(21)4-9(12)20)26-14(27)6-13(19(22,23)24)25(2)18(26)31;1-21-9(15(18,19)20)4-10(23)22(14(21)26)11-5-2-8(13(24)25)27-12(5)6(16)3-7(11)17/h4-6H,7H2,1-3H3,(H,29,30);2-4H,1H3,(H,24,25)/b16-8+;. The van der Waals surface area contributed by atoms with Gasteiger partial charge in [-0.2, -0.15) is 26.3 Å². The minimum absolute atomic E-state index is 0.0819. The van der Waals surface area contributed by atoms with Crippen LogP contribution in [0.25, 0.3) is 22.3 Å². The number of benzene rings is 2. The highest BCUT2D eigenvalue weighted by Gasteiger charge is 2.37. The maximum Gasteiger partial charge on any atom is 0.431 e. The molecule has 0 fully saturated rings. The largest absolute Gasteiger partial charge is 0.482 e. The van der Waals surface area contributed by atoms with Crippen molar-refractivity contribution in [1.82, 2.24) is 18.3 Å². The molecule has 0 unspecified atom stereocenters. The van der Waals surface area contributed by atoms with E-state index in [-0.39, 0.29) is 46.4 Å². The van der Waals surface area contributed by atoms with E-state index in [4.69, 9.17) is 42.2 Å². The smallest absolute Gasteiger partial charge is 0.431 e. The molecule has 0 amide bonds. The third-order valence-electron chi connectivity index (χ3n) is 7.94. The van der Waals surface area contributed by atoms with Crippen molar-refractivity contribution in [3.05, 3.63) is 128 Å². The van der Waals surface area contributed by atoms with Gasteiger partial charge < -0.3 is 28.8 Å². The number of rotatable bonds is 9. The average molecular weight is 917 g/mol. The van der Waals surface area contributed by atoms with E-state index in [1.165, 1.54) is 0 Å². The van der Waals surface area contributed by atoms with Crippen molar-refractivity contribution in [2.75, 3.05) is 13.7 Å². The van der Waals surface area contributed by atoms with Gasteiger partial charge in [0.15, 0.2) is 12.2 Å². The number of nitrogens with zero attached hydrogens (tertiary/aromatic N) is 4. The van der Waals surface area contributed by atoms with Crippen LogP contribution in [0, 0.1) is 11.6 Å². The Kier molecular flexibility index (Phi) is 13.3. The number of ether oxygens (including phenoxy) is 3. The maximum atomic E-state index is 14.6. The molecule has 2 N–H and O–H groups in total. The number of alkyl halides is 6. The van der Waals surface area contributed by atoms with E-state index in [1.807, 2.05) is 0 Å². The number of aromatic nitrogens is 4. The van der Waals surface area contributed by atoms with Gasteiger partial charge in [0.25, 0.3) is 11.1 Å². The Morgan fingerprint density at radius 2 is 1.28 bits per heavy atom. The summed E-state index contributed by atoms with van der Waals surface area (Å²) in [5, 5.41) is 17.1. The lowest BCUT2D eigenvalue weighted by Crippen LogP contribution is -2.41. The number of aliphatic carboxylic acids is 1. The molecule has 0 bridgehead atoms. The SMILES string of the molecule is COC(=O)CO/C(C)=C(/Oc1cc(-n2c(=O)cc(C(F)(F)F)n(C)c2=O)c(F)cc1Cl)C(=O)O.Cn1c(C(F)(F)F)cc(=O)n(-c2c(F)cc(Cl)c3oc(C(=O)O)cc23)c1=O. The molecule has 0 saturated carbocycles. The van der Waals surface area contributed by atoms with Crippen LogP contribution in [-0.4, -0.2) is 60.1 Å². The summed E-state index contributed by atoms with van der Waals surface area (Å²) < 4.78 is 127. The van der Waals surface area contributed by atoms with E-state index < -0.39 is 122 Å². The Bertz CT molecular complexity index is 2910. The van der Waals surface area contributed by atoms with Gasteiger partial charge in [-0.25, -0.2) is 41.9 Å². The molecule has 61 heavy (non-hydrogen) atoms. The summed E-state index contributed by atoms with van der Waals surface area (Å²) in [4.78, 5) is 83.1. The third-order valence-corrected chi connectivity index (χ3v) is 8.52. The van der Waals surface area contributed by atoms with Crippen LogP contribution >= 0.6 is 23.2 Å². The predicted molar refractivity (Wildman–Crippen MR) is 190 cm³/mol. The van der Waals surface area contributed by atoms with E-state index in [1.54, 1.807) is 0 Å². The zero-order valence-corrected chi connectivity index (χ0v) is 32.1. The molecule has 27 heteroatoms. The topological polar surface area (TPSA) is 220 Å². The van der Waals surface area contributed by atoms with Crippen molar-refractivity contribution >= 4 is 52.1 Å². The summed E-state index contributed by atoms with van der Waals surface area (Å²) in [6.07, 6.45) is -10.0. The maximum absolute atomic E-state index is 14.6. The molecule has 3 aromatic heterocycles. The highest BCUT2D eigenvalue weighted by Crippen LogP contribution is 2.35. The van der Waals surface area contributed by atoms with Gasteiger partial charge in [-0.05, 0) is 19.1 Å². The van der Waals surface area contributed by atoms with Crippen molar-refractivity contribution in [3.63, 3.8) is 0 Å². The third kappa shape index (κ3) is 9.62. The Balaban J connectivity index is 0.000000275. The molecule has 0 aliphatic heterocycles. The second-order valence-electron chi connectivity index (χ2n) is 11.8. The summed E-state index contributed by atoms with van der Waals surface area (Å²) in [5.41, 5.74) is -11.1. The number of carbonyl (C=O) groups excluding carboxylic acids is 1. The number of halogens is 10. The average Bonchev–Trinajstić information content (AvgIpc) is 3.61. The highest BCUT2D eigenvalue weighted by atomic mass is 35.5. The van der Waals surface area contributed by atoms with Crippen LogP contribution in [0.5, 0.6) is 5.75 Å². The van der Waals surface area contributed by atoms with Gasteiger partial charge in [0.05, 0.1) is 28.2 Å². The van der Waals surface area contributed by atoms with Gasteiger partial charge in [-0.15, -0.1) is 0 Å². The van der Waals surface area contributed by atoms with Gasteiger partial charge in [-0.1, -0.05) is 23.2 Å². The molecule has 0 spiro atoms. The van der Waals surface area contributed by atoms with Gasteiger partial charge in [0.2, 0.25) is 11.5 Å². The lowest BCUT2D eigenvalue weighted by Gasteiger charge is -2.16. The molecule has 0 aliphatic carbocycles. The first-order valence-electron chi connectivity index (χ1n) is 15.9. The molecule has 0 atom stereocenters. The molecule has 0 aliphatic rings. The van der Waals surface area contributed by atoms with E-state index in [0.717, 1.165) is 34.2 Å². The quantitative estimate of drug-likeness (QED) is 0.0860. The summed E-state index contributed by atoms with van der Waals surface area (Å²) in [7, 11) is 2.54. The summed E-state index contributed by atoms with van der Waals surface area (Å²) in [6.45, 7) is 0.433. The van der Waals surface area contributed by atoms with Crippen molar-refractivity contribution in [1.29, 1.82) is 0 Å². The molecular weight excluding hydrogens is 895 g/mol. The van der Waals surface area contributed by atoms with Crippen LogP contribution in [0.15, 0.2) is 71.5 Å². The fourth-order valence-electron chi connectivity index (χ4n) is 5.11. The monoisotopic (exact) mass is 916 g/mol. The lowest BCUT2D eigenvalue weighted by atomic mass is 10.2. The molecule has 2 aromatic carbocycles. The fourth-order valence-corrected chi connectivity index (χ4v) is 5.53. The summed E-state index contributed by atoms with van der Waals surface area (Å²) >= 11 is 11.7. The Hall–Kier alpha value is -6.89. The number of aromatic carboxylic acids is 1. The first-order chi connectivity index (χ1) is 28.1. The van der Waals surface area contributed by atoms with E-state index in [9.17, 15) is 73.8 Å². The van der Waals surface area contributed by atoms with Crippen molar-refractivity contribution in [2.45, 2.75) is 19.3 Å². The molecular formula is C34H22Cl2F8N4O13. The van der Waals surface area contributed by atoms with Gasteiger partial charge in [0.1, 0.15) is 40.2 Å². The van der Waals surface area contributed by atoms with Crippen LogP contribution in [0.2, 0.25) is 10.0 Å². The first-order valence-corrected chi connectivity index (χ1v) is 16.6. The van der Waals surface area contributed by atoms with E-state index in [2.05, 4.69) is 4.74 Å². The van der Waals surface area contributed by atoms with E-state index in [0.29, 0.717) is 18.2 Å². The lowest BCUT2D eigenvalue weighted by molar-refractivity contribution is -0.145. The van der Waals surface area contributed by atoms with Crippen LogP contribution in [0.4, 0.5) is 35.1 Å².